The number of hydrogen-bond donors (Lipinski definition) is 1. The first-order valence-electron chi connectivity index (χ1n) is 5.66. The average molecular weight is 228 g/mol. The fraction of sp³-hybridized carbons (Fsp3) is 0.818. The Morgan fingerprint density at radius 2 is 2.19 bits per heavy atom. The van der Waals surface area contributed by atoms with Crippen LogP contribution in [0, 0.1) is 0 Å². The molecule has 1 atom stereocenters. The van der Waals surface area contributed by atoms with Crippen LogP contribution in [0.5, 0.6) is 0 Å². The van der Waals surface area contributed by atoms with Crippen LogP contribution in [0.4, 0.5) is 4.79 Å². The standard InChI is InChI=1S/C11H20N2O3/c1-4-11(2)6-5-7-13(11)9(14)8-12-10(15)16-3/h4-8H2,1-3H3,(H,12,15)/t11-/m1/s1. The molecule has 0 aliphatic carbocycles. The molecule has 0 aromatic rings. The SMILES string of the molecule is CC[C@]1(C)CCCN1C(=O)CNC(=O)OC. The lowest BCUT2D eigenvalue weighted by molar-refractivity contribution is -0.133. The van der Waals surface area contributed by atoms with Crippen LogP contribution < -0.4 is 5.32 Å². The number of nitrogens with one attached hydrogen (secondary N) is 1. The Morgan fingerprint density at radius 1 is 1.50 bits per heavy atom. The quantitative estimate of drug-likeness (QED) is 0.788. The van der Waals surface area contributed by atoms with Gasteiger partial charge in [0, 0.05) is 12.1 Å². The van der Waals surface area contributed by atoms with Crippen molar-refractivity contribution < 1.29 is 14.3 Å². The molecule has 0 aromatic heterocycles. The van der Waals surface area contributed by atoms with E-state index in [-0.39, 0.29) is 18.0 Å². The molecule has 0 bridgehead atoms. The fourth-order valence-corrected chi connectivity index (χ4v) is 2.13. The van der Waals surface area contributed by atoms with E-state index in [1.165, 1.54) is 7.11 Å². The molecule has 0 saturated carbocycles. The maximum absolute atomic E-state index is 11.9. The number of nitrogens with zero attached hydrogens (tertiary/aromatic N) is 1. The summed E-state index contributed by atoms with van der Waals surface area (Å²) in [6, 6.07) is 0. The van der Waals surface area contributed by atoms with Gasteiger partial charge in [-0.05, 0) is 26.2 Å². The van der Waals surface area contributed by atoms with Crippen LogP contribution >= 0.6 is 0 Å². The normalized spacial score (nSPS) is 24.3. The van der Waals surface area contributed by atoms with Gasteiger partial charge >= 0.3 is 6.09 Å². The molecule has 2 amide bonds. The van der Waals surface area contributed by atoms with E-state index >= 15 is 0 Å². The Labute approximate surface area is 96.1 Å². The predicted molar refractivity (Wildman–Crippen MR) is 60.1 cm³/mol. The number of hydrogen-bond acceptors (Lipinski definition) is 3. The van der Waals surface area contributed by atoms with Gasteiger partial charge in [0.25, 0.3) is 0 Å². The minimum Gasteiger partial charge on any atom is -0.453 e. The summed E-state index contributed by atoms with van der Waals surface area (Å²) in [5.41, 5.74) is -0.0467. The van der Waals surface area contributed by atoms with Crippen LogP contribution in [0.1, 0.15) is 33.1 Å². The summed E-state index contributed by atoms with van der Waals surface area (Å²) in [6.07, 6.45) is 2.45. The third-order valence-corrected chi connectivity index (χ3v) is 3.38. The van der Waals surface area contributed by atoms with Gasteiger partial charge in [0.2, 0.25) is 5.91 Å². The highest BCUT2D eigenvalue weighted by Gasteiger charge is 2.37. The molecule has 1 N–H and O–H groups in total. The van der Waals surface area contributed by atoms with Gasteiger partial charge in [-0.2, -0.15) is 0 Å². The van der Waals surface area contributed by atoms with E-state index in [1.807, 2.05) is 4.90 Å². The second-order valence-corrected chi connectivity index (χ2v) is 4.34. The maximum Gasteiger partial charge on any atom is 0.407 e. The Balaban J connectivity index is 2.50. The number of methoxy groups -OCH3 is 1. The lowest BCUT2D eigenvalue weighted by Crippen LogP contribution is -2.48. The van der Waals surface area contributed by atoms with Crippen molar-refractivity contribution in [3.63, 3.8) is 0 Å². The first-order valence-corrected chi connectivity index (χ1v) is 5.66. The number of carbonyl (C=O) groups is 2. The fourth-order valence-electron chi connectivity index (χ4n) is 2.13. The molecule has 16 heavy (non-hydrogen) atoms. The van der Waals surface area contributed by atoms with Crippen LogP contribution in [0.2, 0.25) is 0 Å². The molecule has 1 rings (SSSR count). The molecule has 1 aliphatic rings. The largest absolute Gasteiger partial charge is 0.453 e. The Morgan fingerprint density at radius 3 is 2.75 bits per heavy atom. The van der Waals surface area contributed by atoms with Crippen LogP contribution in [-0.2, 0) is 9.53 Å². The summed E-state index contributed by atoms with van der Waals surface area (Å²) in [5, 5.41) is 2.42. The lowest BCUT2D eigenvalue weighted by Gasteiger charge is -2.34. The van der Waals surface area contributed by atoms with Gasteiger partial charge < -0.3 is 15.0 Å². The van der Waals surface area contributed by atoms with Crippen molar-refractivity contribution in [3.05, 3.63) is 0 Å². The van der Waals surface area contributed by atoms with E-state index in [0.29, 0.717) is 0 Å². The lowest BCUT2D eigenvalue weighted by atomic mass is 9.95. The molecule has 1 aliphatic heterocycles. The molecular weight excluding hydrogens is 208 g/mol. The van der Waals surface area contributed by atoms with Gasteiger partial charge in [0.1, 0.15) is 6.54 Å². The van der Waals surface area contributed by atoms with E-state index in [9.17, 15) is 9.59 Å². The third-order valence-electron chi connectivity index (χ3n) is 3.38. The van der Waals surface area contributed by atoms with E-state index in [2.05, 4.69) is 23.9 Å². The van der Waals surface area contributed by atoms with Crippen molar-refractivity contribution in [2.24, 2.45) is 0 Å². The highest BCUT2D eigenvalue weighted by Crippen LogP contribution is 2.31. The van der Waals surface area contributed by atoms with Crippen molar-refractivity contribution in [1.29, 1.82) is 0 Å². The summed E-state index contributed by atoms with van der Waals surface area (Å²) in [7, 11) is 1.28. The first kappa shape index (κ1) is 12.8. The minimum atomic E-state index is -0.564. The summed E-state index contributed by atoms with van der Waals surface area (Å²) >= 11 is 0. The number of alkyl carbamates (subject to hydrolysis) is 1. The van der Waals surface area contributed by atoms with E-state index in [1.54, 1.807) is 0 Å². The Bertz CT molecular complexity index is 280. The smallest absolute Gasteiger partial charge is 0.407 e. The van der Waals surface area contributed by atoms with Gasteiger partial charge in [-0.1, -0.05) is 6.92 Å². The third kappa shape index (κ3) is 2.65. The molecule has 0 aromatic carbocycles. The highest BCUT2D eigenvalue weighted by molar-refractivity contribution is 5.83. The molecule has 92 valence electrons. The molecule has 5 nitrogen and oxygen atoms in total. The van der Waals surface area contributed by atoms with Gasteiger partial charge in [0.15, 0.2) is 0 Å². The number of amides is 2. The maximum atomic E-state index is 11.9. The predicted octanol–water partition coefficient (Wildman–Crippen LogP) is 1.13. The van der Waals surface area contributed by atoms with Crippen molar-refractivity contribution >= 4 is 12.0 Å². The summed E-state index contributed by atoms with van der Waals surface area (Å²) in [6.45, 7) is 4.98. The second kappa shape index (κ2) is 5.18. The number of rotatable bonds is 3. The van der Waals surface area contributed by atoms with Crippen LogP contribution in [0.15, 0.2) is 0 Å². The van der Waals surface area contributed by atoms with Gasteiger partial charge in [-0.15, -0.1) is 0 Å². The van der Waals surface area contributed by atoms with E-state index in [0.717, 1.165) is 25.8 Å². The average Bonchev–Trinajstić information content (AvgIpc) is 2.68. The zero-order chi connectivity index (χ0) is 12.2. The number of carbonyl (C=O) groups excluding carboxylic acids is 2. The zero-order valence-electron chi connectivity index (χ0n) is 10.2. The topological polar surface area (TPSA) is 58.6 Å². The van der Waals surface area contributed by atoms with Gasteiger partial charge in [-0.3, -0.25) is 4.79 Å². The van der Waals surface area contributed by atoms with Crippen molar-refractivity contribution in [2.75, 3.05) is 20.2 Å². The monoisotopic (exact) mass is 228 g/mol. The van der Waals surface area contributed by atoms with Crippen molar-refractivity contribution in [3.8, 4) is 0 Å². The number of ether oxygens (including phenoxy) is 1. The molecule has 0 spiro atoms. The molecule has 1 heterocycles. The molecule has 0 radical (unpaired) electrons. The van der Waals surface area contributed by atoms with Crippen LogP contribution in [0.3, 0.4) is 0 Å². The molecule has 5 heteroatoms. The summed E-state index contributed by atoms with van der Waals surface area (Å²) < 4.78 is 4.42. The molecule has 1 fully saturated rings. The highest BCUT2D eigenvalue weighted by atomic mass is 16.5. The molecule has 0 unspecified atom stereocenters. The van der Waals surface area contributed by atoms with Crippen LogP contribution in [0.25, 0.3) is 0 Å². The Kier molecular flexibility index (Phi) is 4.15. The van der Waals surface area contributed by atoms with Crippen LogP contribution in [-0.4, -0.2) is 42.6 Å². The van der Waals surface area contributed by atoms with Crippen molar-refractivity contribution in [1.82, 2.24) is 10.2 Å². The zero-order valence-corrected chi connectivity index (χ0v) is 10.2. The Hall–Kier alpha value is -1.26. The van der Waals surface area contributed by atoms with Crippen molar-refractivity contribution in [2.45, 2.75) is 38.6 Å². The second-order valence-electron chi connectivity index (χ2n) is 4.34. The van der Waals surface area contributed by atoms with Gasteiger partial charge in [-0.25, -0.2) is 4.79 Å². The summed E-state index contributed by atoms with van der Waals surface area (Å²) in [4.78, 5) is 24.6. The molecular formula is C11H20N2O3. The molecule has 1 saturated heterocycles. The van der Waals surface area contributed by atoms with E-state index in [4.69, 9.17) is 0 Å². The first-order chi connectivity index (χ1) is 7.53. The number of likely N-dealkylation sites (tertiary alicyclic amines) is 1. The summed E-state index contributed by atoms with van der Waals surface area (Å²) in [5.74, 6) is -0.0350. The van der Waals surface area contributed by atoms with E-state index < -0.39 is 6.09 Å². The minimum absolute atomic E-state index is 0.0161. The van der Waals surface area contributed by atoms with Gasteiger partial charge in [0.05, 0.1) is 7.11 Å².